The first-order chi connectivity index (χ1) is 30.7. The van der Waals surface area contributed by atoms with Gasteiger partial charge >= 0.3 is 0 Å². The Morgan fingerprint density at radius 1 is 0.531 bits per heavy atom. The van der Waals surface area contributed by atoms with Crippen LogP contribution in [0, 0.1) is 0 Å². The second-order valence-electron chi connectivity index (χ2n) is 14.1. The van der Waals surface area contributed by atoms with E-state index in [0.29, 0.717) is 75.4 Å². The van der Waals surface area contributed by atoms with Gasteiger partial charge in [-0.3, -0.25) is 0 Å². The number of benzene rings is 4. The van der Waals surface area contributed by atoms with Crippen LogP contribution in [0.1, 0.15) is 0 Å². The number of piperazine rings is 2. The van der Waals surface area contributed by atoms with Gasteiger partial charge in [-0.15, -0.1) is 22.7 Å². The van der Waals surface area contributed by atoms with E-state index in [4.69, 9.17) is 75.3 Å². The monoisotopic (exact) mass is 1030 g/mol. The van der Waals surface area contributed by atoms with Crippen LogP contribution in [0.2, 0.25) is 20.1 Å². The Hall–Kier alpha value is -4.08. The number of nitrogens with zero attached hydrogens (tertiary/aromatic N) is 6. The van der Waals surface area contributed by atoms with Crippen LogP contribution >= 0.6 is 69.1 Å². The zero-order valence-corrected chi connectivity index (χ0v) is 41.1. The maximum atomic E-state index is 13.0. The summed E-state index contributed by atoms with van der Waals surface area (Å²) in [6, 6.07) is 20.5. The molecule has 8 rings (SSSR count). The fourth-order valence-corrected chi connectivity index (χ4v) is 13.1. The standard InChI is InChI=1S/2C21H21Cl2N3O4S2/c1-29-14-6-7-18(30-2)15(12-14)17-13-31-21(24-17)25-8-10-26(11-9-25)32(27,28)19-5-3-4-16(22)20(19)23;1-29-17-7-6-14(12-18(17)30-2)16-13-31-21(24-16)25-8-10-26(11-9-25)32(27,28)19-5-3-4-15(22)20(19)23/h2*3-7,12-13H,8-11H2,1-2H3. The maximum Gasteiger partial charge on any atom is 0.244 e. The van der Waals surface area contributed by atoms with E-state index in [9.17, 15) is 16.8 Å². The number of rotatable bonds is 12. The highest BCUT2D eigenvalue weighted by atomic mass is 35.5. The summed E-state index contributed by atoms with van der Waals surface area (Å²) in [5, 5.41) is 6.14. The molecule has 2 saturated heterocycles. The highest BCUT2D eigenvalue weighted by Crippen LogP contribution is 2.38. The molecule has 2 fully saturated rings. The molecule has 22 heteroatoms. The van der Waals surface area contributed by atoms with Crippen LogP contribution in [-0.2, 0) is 20.0 Å². The molecule has 0 atom stereocenters. The van der Waals surface area contributed by atoms with Gasteiger partial charge in [-0.1, -0.05) is 58.5 Å². The molecule has 340 valence electrons. The van der Waals surface area contributed by atoms with Crippen molar-refractivity contribution in [2.24, 2.45) is 0 Å². The Labute approximate surface area is 400 Å². The van der Waals surface area contributed by atoms with Crippen molar-refractivity contribution in [2.45, 2.75) is 9.79 Å². The van der Waals surface area contributed by atoms with Crippen LogP contribution in [0.5, 0.6) is 23.0 Å². The quantitative estimate of drug-likeness (QED) is 0.115. The molecule has 0 unspecified atom stereocenters. The lowest BCUT2D eigenvalue weighted by Crippen LogP contribution is -2.48. The Morgan fingerprint density at radius 2 is 1.00 bits per heavy atom. The van der Waals surface area contributed by atoms with Gasteiger partial charge in [-0.25, -0.2) is 26.8 Å². The van der Waals surface area contributed by atoms with Crippen molar-refractivity contribution in [3.05, 3.63) is 104 Å². The van der Waals surface area contributed by atoms with E-state index < -0.39 is 20.0 Å². The van der Waals surface area contributed by atoms with E-state index in [0.717, 1.165) is 32.8 Å². The number of halogens is 4. The summed E-state index contributed by atoms with van der Waals surface area (Å²) in [4.78, 5) is 13.7. The number of ether oxygens (including phenoxy) is 4. The molecule has 0 N–H and O–H groups in total. The van der Waals surface area contributed by atoms with Crippen molar-refractivity contribution in [1.82, 2.24) is 18.6 Å². The van der Waals surface area contributed by atoms with Crippen LogP contribution in [0.4, 0.5) is 10.3 Å². The molecule has 2 aromatic heterocycles. The Bertz CT molecular complexity index is 2830. The first kappa shape index (κ1) is 47.9. The summed E-state index contributed by atoms with van der Waals surface area (Å²) < 4.78 is 76.5. The lowest BCUT2D eigenvalue weighted by Gasteiger charge is -2.34. The number of hydrogen-bond acceptors (Lipinski definition) is 14. The fraction of sp³-hybridized carbons (Fsp3) is 0.286. The first-order valence-electron chi connectivity index (χ1n) is 19.4. The molecule has 0 bridgehead atoms. The Morgan fingerprint density at radius 3 is 1.48 bits per heavy atom. The van der Waals surface area contributed by atoms with Crippen LogP contribution in [0.3, 0.4) is 0 Å². The highest BCUT2D eigenvalue weighted by molar-refractivity contribution is 7.89. The van der Waals surface area contributed by atoms with Crippen molar-refractivity contribution >= 4 is 99.4 Å². The first-order valence-corrected chi connectivity index (χ1v) is 25.6. The summed E-state index contributed by atoms with van der Waals surface area (Å²) in [7, 11) is -1.04. The third-order valence-electron chi connectivity index (χ3n) is 10.4. The van der Waals surface area contributed by atoms with Crippen molar-refractivity contribution in [3.63, 3.8) is 0 Å². The summed E-state index contributed by atoms with van der Waals surface area (Å²) in [6.45, 7) is 3.38. The molecular formula is C42H42Cl4N6O8S4. The second kappa shape index (κ2) is 20.6. The predicted octanol–water partition coefficient (Wildman–Crippen LogP) is 9.29. The molecular weight excluding hydrogens is 987 g/mol. The maximum absolute atomic E-state index is 13.0. The van der Waals surface area contributed by atoms with Crippen molar-refractivity contribution in [2.75, 3.05) is 90.6 Å². The van der Waals surface area contributed by atoms with E-state index in [1.54, 1.807) is 52.7 Å². The molecule has 2 aliphatic rings. The van der Waals surface area contributed by atoms with Gasteiger partial charge in [0.2, 0.25) is 20.0 Å². The van der Waals surface area contributed by atoms with Crippen LogP contribution < -0.4 is 28.7 Å². The van der Waals surface area contributed by atoms with Crippen molar-refractivity contribution in [3.8, 4) is 45.5 Å². The molecule has 0 aliphatic carbocycles. The van der Waals surface area contributed by atoms with Crippen LogP contribution in [0.25, 0.3) is 22.5 Å². The third kappa shape index (κ3) is 10.2. The molecule has 0 saturated carbocycles. The van der Waals surface area contributed by atoms with Crippen molar-refractivity contribution in [1.29, 1.82) is 0 Å². The Balaban J connectivity index is 0.000000191. The summed E-state index contributed by atoms with van der Waals surface area (Å²) >= 11 is 27.3. The molecule has 0 amide bonds. The van der Waals surface area contributed by atoms with E-state index in [2.05, 4.69) is 9.80 Å². The summed E-state index contributed by atoms with van der Waals surface area (Å²) in [5.41, 5.74) is 3.36. The topological polar surface area (TPSA) is 144 Å². The SMILES string of the molecule is COc1ccc(-c2csc(N3CCN(S(=O)(=O)c4cccc(Cl)c4Cl)CC3)n2)cc1OC.COc1ccc(OC)c(-c2csc(N3CCN(S(=O)(=O)c4cccc(Cl)c4Cl)CC3)n2)c1. The average molecular weight is 1030 g/mol. The smallest absolute Gasteiger partial charge is 0.244 e. The molecule has 4 aromatic carbocycles. The van der Waals surface area contributed by atoms with Gasteiger partial charge in [0.1, 0.15) is 21.3 Å². The van der Waals surface area contributed by atoms with Gasteiger partial charge in [0.05, 0.1) is 59.9 Å². The molecule has 6 aromatic rings. The third-order valence-corrected chi connectivity index (χ3v) is 18.0. The fourth-order valence-electron chi connectivity index (χ4n) is 6.97. The van der Waals surface area contributed by atoms with E-state index in [1.807, 2.05) is 47.2 Å². The normalized spacial score (nSPS) is 15.1. The second-order valence-corrected chi connectivity index (χ2v) is 21.1. The number of hydrogen-bond donors (Lipinski definition) is 0. The Kier molecular flexibility index (Phi) is 15.4. The number of aromatic nitrogens is 2. The molecule has 64 heavy (non-hydrogen) atoms. The van der Waals surface area contributed by atoms with Gasteiger partial charge in [0.15, 0.2) is 21.8 Å². The lowest BCUT2D eigenvalue weighted by atomic mass is 10.1. The number of methoxy groups -OCH3 is 4. The predicted molar refractivity (Wildman–Crippen MR) is 256 cm³/mol. The van der Waals surface area contributed by atoms with Gasteiger partial charge < -0.3 is 28.7 Å². The molecule has 0 radical (unpaired) electrons. The molecule has 14 nitrogen and oxygen atoms in total. The van der Waals surface area contributed by atoms with Gasteiger partial charge in [0, 0.05) is 74.2 Å². The van der Waals surface area contributed by atoms with Gasteiger partial charge in [-0.2, -0.15) is 8.61 Å². The zero-order chi connectivity index (χ0) is 45.8. The molecule has 0 spiro atoms. The number of sulfonamides is 2. The van der Waals surface area contributed by atoms with Gasteiger partial charge in [0.25, 0.3) is 0 Å². The minimum atomic E-state index is -3.73. The van der Waals surface area contributed by atoms with E-state index in [-0.39, 0.29) is 29.9 Å². The summed E-state index contributed by atoms with van der Waals surface area (Å²) in [6.07, 6.45) is 0. The van der Waals surface area contributed by atoms with E-state index >= 15 is 0 Å². The van der Waals surface area contributed by atoms with Crippen molar-refractivity contribution < 1.29 is 35.8 Å². The van der Waals surface area contributed by atoms with Gasteiger partial charge in [-0.05, 0) is 60.7 Å². The molecule has 2 aliphatic heterocycles. The molecule has 4 heterocycles. The number of thiazole rings is 2. The van der Waals surface area contributed by atoms with Crippen LogP contribution in [-0.4, -0.2) is 116 Å². The van der Waals surface area contributed by atoms with Crippen LogP contribution in [0.15, 0.2) is 93.3 Å². The lowest BCUT2D eigenvalue weighted by molar-refractivity contribution is 0.355. The van der Waals surface area contributed by atoms with E-state index in [1.165, 1.54) is 43.4 Å². The average Bonchev–Trinajstić information content (AvgIpc) is 4.02. The minimum Gasteiger partial charge on any atom is -0.497 e. The number of anilines is 2. The minimum absolute atomic E-state index is 0.0294. The zero-order valence-electron chi connectivity index (χ0n) is 34.8. The summed E-state index contributed by atoms with van der Waals surface area (Å²) in [5.74, 6) is 2.72. The highest BCUT2D eigenvalue weighted by Gasteiger charge is 2.33. The largest absolute Gasteiger partial charge is 0.497 e.